The molecule has 5 rings (SSSR count). The maximum Gasteiger partial charge on any atom is 0.408 e. The van der Waals surface area contributed by atoms with Crippen molar-refractivity contribution in [3.8, 4) is 33.5 Å². The van der Waals surface area contributed by atoms with E-state index in [0.717, 1.165) is 42.2 Å². The van der Waals surface area contributed by atoms with E-state index in [4.69, 9.17) is 42.4 Å². The molecule has 1 atom stereocenters. The first kappa shape index (κ1) is 43.8. The molecule has 1 aliphatic rings. The number of esters is 1. The van der Waals surface area contributed by atoms with Gasteiger partial charge in [0.15, 0.2) is 0 Å². The monoisotopic (exact) mass is 843 g/mol. The number of nitrogens with one attached hydrogen (secondary N) is 2. The summed E-state index contributed by atoms with van der Waals surface area (Å²) < 4.78 is 16.5. The molecule has 1 saturated heterocycles. The number of anilines is 1. The Bertz CT molecular complexity index is 2150. The molecule has 3 heterocycles. The van der Waals surface area contributed by atoms with Gasteiger partial charge in [-0.1, -0.05) is 61.5 Å². The molecule has 2 aromatic heterocycles. The van der Waals surface area contributed by atoms with Crippen molar-refractivity contribution in [1.29, 1.82) is 5.26 Å². The topological polar surface area (TPSA) is 160 Å². The third kappa shape index (κ3) is 12.3. The van der Waals surface area contributed by atoms with Crippen molar-refractivity contribution in [2.75, 3.05) is 37.7 Å². The fourth-order valence-corrected chi connectivity index (χ4v) is 7.98. The molecule has 1 aliphatic heterocycles. The maximum atomic E-state index is 12.9. The molecular weight excluding hydrogens is 798 g/mol. The summed E-state index contributed by atoms with van der Waals surface area (Å²) in [6.45, 7) is 18.3. The van der Waals surface area contributed by atoms with Gasteiger partial charge in [-0.2, -0.15) is 5.26 Å². The highest BCUT2D eigenvalue weighted by atomic mass is 35.5. The van der Waals surface area contributed by atoms with Crippen LogP contribution in [0.3, 0.4) is 0 Å². The van der Waals surface area contributed by atoms with Crippen LogP contribution in [0.1, 0.15) is 65.1 Å². The average Bonchev–Trinajstić information content (AvgIpc) is 3.90. The van der Waals surface area contributed by atoms with Crippen LogP contribution in [-0.4, -0.2) is 72.4 Å². The van der Waals surface area contributed by atoms with Crippen LogP contribution in [0, 0.1) is 23.8 Å². The van der Waals surface area contributed by atoms with E-state index in [1.807, 2.05) is 43.5 Å². The van der Waals surface area contributed by atoms with Gasteiger partial charge in [0.2, 0.25) is 11.6 Å². The van der Waals surface area contributed by atoms with Crippen LogP contribution in [-0.2, 0) is 24.8 Å². The fourth-order valence-electron chi connectivity index (χ4n) is 6.04. The molecule has 0 spiro atoms. The van der Waals surface area contributed by atoms with Crippen molar-refractivity contribution in [3.05, 3.63) is 81.6 Å². The molecule has 13 nitrogen and oxygen atoms in total. The maximum absolute atomic E-state index is 12.9. The third-order valence-corrected chi connectivity index (χ3v) is 10.8. The Morgan fingerprint density at radius 3 is 2.38 bits per heavy atom. The van der Waals surface area contributed by atoms with Crippen LogP contribution in [0.15, 0.2) is 58.9 Å². The van der Waals surface area contributed by atoms with Crippen molar-refractivity contribution in [3.63, 3.8) is 0 Å². The number of hydrogen-bond donors (Lipinski definition) is 2. The second-order valence-electron chi connectivity index (χ2n) is 14.8. The van der Waals surface area contributed by atoms with Crippen molar-refractivity contribution >= 4 is 64.2 Å². The number of halogens is 1. The molecule has 58 heavy (non-hydrogen) atoms. The minimum atomic E-state index is -0.916. The normalized spacial score (nSPS) is 13.0. The Morgan fingerprint density at radius 1 is 1.05 bits per heavy atom. The van der Waals surface area contributed by atoms with E-state index in [0.29, 0.717) is 56.2 Å². The van der Waals surface area contributed by atoms with Gasteiger partial charge in [-0.25, -0.2) is 24.4 Å². The summed E-state index contributed by atoms with van der Waals surface area (Å²) in [6, 6.07) is 16.0. The molecule has 0 bridgehead atoms. The van der Waals surface area contributed by atoms with Gasteiger partial charge >= 0.3 is 12.1 Å². The van der Waals surface area contributed by atoms with Gasteiger partial charge in [0.25, 0.3) is 0 Å². The predicted molar refractivity (Wildman–Crippen MR) is 226 cm³/mol. The van der Waals surface area contributed by atoms with Crippen LogP contribution < -0.4 is 20.3 Å². The number of pyridine rings is 1. The zero-order valence-corrected chi connectivity index (χ0v) is 35.5. The first-order chi connectivity index (χ1) is 27.7. The highest BCUT2D eigenvalue weighted by Gasteiger charge is 2.27. The van der Waals surface area contributed by atoms with E-state index in [-0.39, 0.29) is 25.7 Å². The van der Waals surface area contributed by atoms with Gasteiger partial charge in [-0.3, -0.25) is 4.79 Å². The van der Waals surface area contributed by atoms with E-state index in [1.54, 1.807) is 45.0 Å². The van der Waals surface area contributed by atoms with Crippen LogP contribution in [0.4, 0.5) is 16.3 Å². The molecule has 2 amide bonds. The molecule has 4 aromatic rings. The first-order valence-electron chi connectivity index (χ1n) is 18.8. The van der Waals surface area contributed by atoms with E-state index < -0.39 is 29.6 Å². The lowest BCUT2D eigenvalue weighted by atomic mass is 9.99. The van der Waals surface area contributed by atoms with Crippen LogP contribution in [0.2, 0.25) is 5.02 Å². The number of carbonyl (C=O) groups is 3. The fraction of sp³-hybridized carbons (Fsp3) is 0.405. The van der Waals surface area contributed by atoms with Gasteiger partial charge in [-0.15, -0.1) is 11.3 Å². The summed E-state index contributed by atoms with van der Waals surface area (Å²) in [5.74, 6) is 0.441. The van der Waals surface area contributed by atoms with E-state index in [2.05, 4.69) is 26.4 Å². The Labute approximate surface area is 352 Å². The molecule has 2 aromatic carbocycles. The van der Waals surface area contributed by atoms with Crippen LogP contribution in [0.25, 0.3) is 26.5 Å². The lowest BCUT2D eigenvalue weighted by Gasteiger charge is -2.22. The Balaban J connectivity index is 1.25. The number of nitrogens with zero attached hydrogens (tertiary/aromatic N) is 5. The SMILES string of the molecule is [C-]#[N+]c1c(N2CCCC2)nc(SCc2csc(-c3ccc(Cl)cc3)n2)c(C#N)c1-c1ccc(OCCOC(=O)[C@H](CC(C)C)NC(=O)CNC(=O)OC(C)(C)C)cc1. The standard InChI is InChI=1S/C42H46ClN7O6S2/c1-26(2)21-33(48-34(51)23-46-41(53)56-42(3,4)5)40(52)55-20-19-54-31-15-11-27(12-16-31)35-32(22-44)39(49-37(36(35)45-6)50-17-7-8-18-50)58-25-30-24-57-38(47-30)28-9-13-29(43)14-10-28/h9-16,24,26,33H,7-8,17-21,23,25H2,1-5H3,(H,46,53)(H,48,51)/t33-/m0/s1. The first-order valence-corrected chi connectivity index (χ1v) is 21.1. The summed E-state index contributed by atoms with van der Waals surface area (Å²) >= 11 is 9.02. The minimum Gasteiger partial charge on any atom is -0.490 e. The number of thiazole rings is 1. The van der Waals surface area contributed by atoms with Crippen molar-refractivity contribution in [1.82, 2.24) is 20.6 Å². The molecule has 16 heteroatoms. The van der Waals surface area contributed by atoms with Crippen molar-refractivity contribution in [2.24, 2.45) is 5.92 Å². The molecular formula is C42H46ClN7O6S2. The highest BCUT2D eigenvalue weighted by molar-refractivity contribution is 7.98. The van der Waals surface area contributed by atoms with E-state index >= 15 is 0 Å². The number of aromatic nitrogens is 2. The van der Waals surface area contributed by atoms with E-state index in [9.17, 15) is 19.6 Å². The summed E-state index contributed by atoms with van der Waals surface area (Å²) in [7, 11) is 0. The number of nitriles is 1. The minimum absolute atomic E-state index is 0.0376. The van der Waals surface area contributed by atoms with Crippen molar-refractivity contribution < 1.29 is 28.6 Å². The Morgan fingerprint density at radius 2 is 1.74 bits per heavy atom. The molecule has 0 aliphatic carbocycles. The van der Waals surface area contributed by atoms with Gasteiger partial charge in [-0.05, 0) is 75.8 Å². The Kier molecular flexibility index (Phi) is 15.4. The van der Waals surface area contributed by atoms with Gasteiger partial charge in [0.05, 0.1) is 17.8 Å². The number of ether oxygens (including phenoxy) is 3. The molecule has 0 unspecified atom stereocenters. The molecule has 0 radical (unpaired) electrons. The number of rotatable bonds is 16. The number of amides is 2. The zero-order chi connectivity index (χ0) is 41.8. The van der Waals surface area contributed by atoms with Crippen molar-refractivity contribution in [2.45, 2.75) is 76.3 Å². The molecule has 0 saturated carbocycles. The van der Waals surface area contributed by atoms with E-state index in [1.165, 1.54) is 23.1 Å². The summed E-state index contributed by atoms with van der Waals surface area (Å²) in [4.78, 5) is 53.2. The smallest absolute Gasteiger partial charge is 0.408 e. The number of benzene rings is 2. The number of carbonyl (C=O) groups excluding carboxylic acids is 3. The lowest BCUT2D eigenvalue weighted by molar-refractivity contribution is -0.149. The van der Waals surface area contributed by atoms with Crippen LogP contribution >= 0.6 is 34.7 Å². The molecule has 304 valence electrons. The number of thioether (sulfide) groups is 1. The third-order valence-electron chi connectivity index (χ3n) is 8.61. The predicted octanol–water partition coefficient (Wildman–Crippen LogP) is 8.82. The van der Waals surface area contributed by atoms with Gasteiger partial charge in [0, 0.05) is 40.4 Å². The number of alkyl carbamates (subject to hydrolysis) is 1. The second-order valence-corrected chi connectivity index (χ2v) is 17.1. The summed E-state index contributed by atoms with van der Waals surface area (Å²) in [5.41, 5.74) is 2.92. The highest BCUT2D eigenvalue weighted by Crippen LogP contribution is 2.45. The zero-order valence-electron chi connectivity index (χ0n) is 33.1. The number of hydrogen-bond acceptors (Lipinski definition) is 12. The quantitative estimate of drug-likeness (QED) is 0.0480. The van der Waals surface area contributed by atoms with Gasteiger partial charge < -0.3 is 29.7 Å². The van der Waals surface area contributed by atoms with Crippen LogP contribution in [0.5, 0.6) is 5.75 Å². The Hall–Kier alpha value is -5.35. The summed E-state index contributed by atoms with van der Waals surface area (Å²) in [6.07, 6.45) is 1.58. The lowest BCUT2D eigenvalue weighted by Crippen LogP contribution is -2.47. The second kappa shape index (κ2) is 20.4. The largest absolute Gasteiger partial charge is 0.490 e. The molecule has 1 fully saturated rings. The molecule has 2 N–H and O–H groups in total. The van der Waals surface area contributed by atoms with Gasteiger partial charge in [0.1, 0.15) is 59.1 Å². The average molecular weight is 844 g/mol. The summed E-state index contributed by atoms with van der Waals surface area (Å²) in [5, 5.41) is 19.6.